The van der Waals surface area contributed by atoms with Crippen molar-refractivity contribution in [2.45, 2.75) is 56.8 Å². The highest BCUT2D eigenvalue weighted by Crippen LogP contribution is 2.23. The number of aromatic nitrogens is 4. The summed E-state index contributed by atoms with van der Waals surface area (Å²) in [5.41, 5.74) is -0.628. The van der Waals surface area contributed by atoms with Crippen LogP contribution in [0.3, 0.4) is 0 Å². The second-order valence-corrected chi connectivity index (χ2v) is 10.4. The molecule has 1 aromatic carbocycles. The van der Waals surface area contributed by atoms with E-state index in [1.807, 2.05) is 0 Å². The number of sulfone groups is 1. The number of piperidine rings is 1. The Bertz CT molecular complexity index is 1060. The first-order valence-corrected chi connectivity index (χ1v) is 11.9. The smallest absolute Gasteiger partial charge is 0.482 e. The van der Waals surface area contributed by atoms with Gasteiger partial charge in [-0.3, -0.25) is 0 Å². The topological polar surface area (TPSA) is 126 Å². The monoisotopic (exact) mass is 471 g/mol. The van der Waals surface area contributed by atoms with Gasteiger partial charge >= 0.3 is 6.16 Å². The lowest BCUT2D eigenvalue weighted by Crippen LogP contribution is -2.38. The molecule has 13 heteroatoms. The Morgan fingerprint density at radius 3 is 2.53 bits per heavy atom. The molecule has 1 saturated heterocycles. The molecule has 0 spiro atoms. The Hall–Kier alpha value is -2.80. The number of hydroxylamine groups is 2. The normalized spacial score (nSPS) is 16.0. The number of hydrogen-bond donors (Lipinski definition) is 0. The third-order valence-electron chi connectivity index (χ3n) is 4.50. The molecule has 32 heavy (non-hydrogen) atoms. The lowest BCUT2D eigenvalue weighted by molar-refractivity contribution is -0.155. The molecule has 11 nitrogen and oxygen atoms in total. The van der Waals surface area contributed by atoms with Crippen LogP contribution >= 0.6 is 0 Å². The van der Waals surface area contributed by atoms with Crippen LogP contribution < -0.4 is 4.74 Å². The van der Waals surface area contributed by atoms with Crippen molar-refractivity contribution in [1.82, 2.24) is 25.3 Å². The molecule has 0 aliphatic carbocycles. The van der Waals surface area contributed by atoms with Crippen LogP contribution in [0.15, 0.2) is 23.1 Å². The molecule has 1 aliphatic rings. The number of ether oxygens (including phenoxy) is 2. The van der Waals surface area contributed by atoms with E-state index in [-0.39, 0.29) is 29.1 Å². The molecular weight excluding hydrogens is 445 g/mol. The number of rotatable bonds is 6. The standard InChI is InChI=1S/C19H26FN5O6S/c1-19(2,3)30-18(26)31-24-9-7-13(8-10-24)25-22-17(21-23-25)12-29-16-6-5-14(11-15(16)20)32(4,27)28/h5-6,11,13H,7-10,12H2,1-4H3. The van der Waals surface area contributed by atoms with Crippen LogP contribution in [0.1, 0.15) is 45.5 Å². The fourth-order valence-corrected chi connectivity index (χ4v) is 3.61. The summed E-state index contributed by atoms with van der Waals surface area (Å²) in [6, 6.07) is 3.38. The third-order valence-corrected chi connectivity index (χ3v) is 5.61. The number of tetrazole rings is 1. The zero-order chi connectivity index (χ0) is 23.5. The first-order valence-electron chi connectivity index (χ1n) is 9.97. The Morgan fingerprint density at radius 1 is 1.25 bits per heavy atom. The lowest BCUT2D eigenvalue weighted by atomic mass is 10.1. The Labute approximate surface area is 185 Å². The molecule has 0 amide bonds. The third kappa shape index (κ3) is 6.60. The molecule has 1 fully saturated rings. The summed E-state index contributed by atoms with van der Waals surface area (Å²) in [5, 5.41) is 13.8. The summed E-state index contributed by atoms with van der Waals surface area (Å²) in [4.78, 5) is 18.3. The molecule has 1 aromatic heterocycles. The van der Waals surface area contributed by atoms with E-state index < -0.39 is 27.4 Å². The predicted octanol–water partition coefficient (Wildman–Crippen LogP) is 2.30. The van der Waals surface area contributed by atoms with Gasteiger partial charge in [0.1, 0.15) is 5.60 Å². The van der Waals surface area contributed by atoms with E-state index in [1.54, 1.807) is 20.8 Å². The summed E-state index contributed by atoms with van der Waals surface area (Å²) in [6.45, 7) is 6.12. The number of benzene rings is 1. The number of carbonyl (C=O) groups excluding carboxylic acids is 1. The van der Waals surface area contributed by atoms with Crippen molar-refractivity contribution in [2.24, 2.45) is 0 Å². The van der Waals surface area contributed by atoms with Crippen LogP contribution in [-0.2, 0) is 26.0 Å². The number of carbonyl (C=O) groups is 1. The van der Waals surface area contributed by atoms with Gasteiger partial charge in [-0.2, -0.15) is 4.80 Å². The van der Waals surface area contributed by atoms with Gasteiger partial charge in [-0.1, -0.05) is 0 Å². The molecule has 176 valence electrons. The van der Waals surface area contributed by atoms with Crippen LogP contribution in [0.4, 0.5) is 9.18 Å². The average Bonchev–Trinajstić information content (AvgIpc) is 3.14. The van der Waals surface area contributed by atoms with Crippen molar-refractivity contribution in [3.8, 4) is 5.75 Å². The van der Waals surface area contributed by atoms with E-state index in [0.717, 1.165) is 12.3 Å². The predicted molar refractivity (Wildman–Crippen MR) is 109 cm³/mol. The van der Waals surface area contributed by atoms with Crippen molar-refractivity contribution in [2.75, 3.05) is 19.3 Å². The van der Waals surface area contributed by atoms with Crippen LogP contribution in [0.2, 0.25) is 0 Å². The zero-order valence-corrected chi connectivity index (χ0v) is 19.1. The van der Waals surface area contributed by atoms with Crippen LogP contribution in [-0.4, -0.2) is 64.8 Å². The lowest BCUT2D eigenvalue weighted by Gasteiger charge is -2.30. The fourth-order valence-electron chi connectivity index (χ4n) is 2.98. The summed E-state index contributed by atoms with van der Waals surface area (Å²) in [6.07, 6.45) is 1.51. The van der Waals surface area contributed by atoms with E-state index in [1.165, 1.54) is 22.0 Å². The second kappa shape index (κ2) is 9.36. The van der Waals surface area contributed by atoms with Gasteiger partial charge in [0.2, 0.25) is 5.82 Å². The average molecular weight is 472 g/mol. The summed E-state index contributed by atoms with van der Waals surface area (Å²) in [7, 11) is -3.51. The highest BCUT2D eigenvalue weighted by molar-refractivity contribution is 7.90. The molecular formula is C19H26FN5O6S. The molecule has 2 aromatic rings. The number of nitrogens with zero attached hydrogens (tertiary/aromatic N) is 5. The summed E-state index contributed by atoms with van der Waals surface area (Å²) in [5.74, 6) is -0.650. The highest BCUT2D eigenvalue weighted by atomic mass is 32.2. The van der Waals surface area contributed by atoms with Crippen molar-refractivity contribution < 1.29 is 31.9 Å². The van der Waals surface area contributed by atoms with Gasteiger partial charge in [0, 0.05) is 19.3 Å². The molecule has 0 bridgehead atoms. The van der Waals surface area contributed by atoms with Crippen molar-refractivity contribution in [1.29, 1.82) is 0 Å². The molecule has 0 N–H and O–H groups in total. The van der Waals surface area contributed by atoms with Crippen LogP contribution in [0, 0.1) is 5.82 Å². The van der Waals surface area contributed by atoms with Crippen molar-refractivity contribution >= 4 is 16.0 Å². The van der Waals surface area contributed by atoms with Crippen molar-refractivity contribution in [3.05, 3.63) is 29.8 Å². The Balaban J connectivity index is 1.50. The largest absolute Gasteiger partial charge is 0.528 e. The second-order valence-electron chi connectivity index (χ2n) is 8.40. The maximum atomic E-state index is 14.1. The van der Waals surface area contributed by atoms with Crippen LogP contribution in [0.5, 0.6) is 5.75 Å². The van der Waals surface area contributed by atoms with E-state index in [9.17, 15) is 17.6 Å². The molecule has 0 radical (unpaired) electrons. The summed E-state index contributed by atoms with van der Waals surface area (Å²) < 4.78 is 47.6. The minimum Gasteiger partial charge on any atom is -0.482 e. The first kappa shape index (κ1) is 23.9. The molecule has 0 atom stereocenters. The van der Waals surface area contributed by atoms with E-state index in [2.05, 4.69) is 15.4 Å². The van der Waals surface area contributed by atoms with Gasteiger partial charge in [0.05, 0.1) is 10.9 Å². The van der Waals surface area contributed by atoms with Gasteiger partial charge in [0.15, 0.2) is 28.0 Å². The van der Waals surface area contributed by atoms with E-state index in [0.29, 0.717) is 25.9 Å². The molecule has 3 rings (SSSR count). The molecule has 2 heterocycles. The minimum absolute atomic E-state index is 0.0412. The number of hydrogen-bond acceptors (Lipinski definition) is 10. The van der Waals surface area contributed by atoms with Gasteiger partial charge in [-0.25, -0.2) is 17.6 Å². The van der Waals surface area contributed by atoms with Gasteiger partial charge in [-0.15, -0.1) is 15.3 Å². The molecule has 0 unspecified atom stereocenters. The van der Waals surface area contributed by atoms with Gasteiger partial charge < -0.3 is 14.3 Å². The molecule has 1 aliphatic heterocycles. The Kier molecular flexibility index (Phi) is 6.98. The summed E-state index contributed by atoms with van der Waals surface area (Å²) >= 11 is 0. The van der Waals surface area contributed by atoms with E-state index in [4.69, 9.17) is 14.3 Å². The van der Waals surface area contributed by atoms with Crippen molar-refractivity contribution in [3.63, 3.8) is 0 Å². The van der Waals surface area contributed by atoms with Gasteiger partial charge in [0.25, 0.3) is 0 Å². The SMILES string of the molecule is CC(C)(C)OC(=O)ON1CCC(n2nnc(COc3ccc(S(C)(=O)=O)cc3F)n2)CC1. The fraction of sp³-hybridized carbons (Fsp3) is 0.579. The minimum atomic E-state index is -3.51. The zero-order valence-electron chi connectivity index (χ0n) is 18.3. The quantitative estimate of drug-likeness (QED) is 0.579. The van der Waals surface area contributed by atoms with Crippen LogP contribution in [0.25, 0.3) is 0 Å². The Morgan fingerprint density at radius 2 is 1.94 bits per heavy atom. The maximum Gasteiger partial charge on any atom is 0.528 e. The number of halogens is 1. The molecule has 0 saturated carbocycles. The van der Waals surface area contributed by atoms with E-state index >= 15 is 0 Å². The van der Waals surface area contributed by atoms with Gasteiger partial charge in [-0.05, 0) is 57.0 Å². The first-order chi connectivity index (χ1) is 14.9. The highest BCUT2D eigenvalue weighted by Gasteiger charge is 2.27. The maximum absolute atomic E-state index is 14.1.